The molecule has 5 aromatic carbocycles. The second-order valence-corrected chi connectivity index (χ2v) is 8.46. The second-order valence-electron chi connectivity index (χ2n) is 8.46. The van der Waals surface area contributed by atoms with E-state index in [1.54, 1.807) is 37.3 Å². The van der Waals surface area contributed by atoms with Crippen LogP contribution in [0.1, 0.15) is 22.8 Å². The minimum absolute atomic E-state index is 0.339. The van der Waals surface area contributed by atoms with Crippen molar-refractivity contribution >= 4 is 39.6 Å². The Morgan fingerprint density at radius 2 is 1.46 bits per heavy atom. The molecule has 1 N–H and O–H groups in total. The Labute approximate surface area is 214 Å². The fourth-order valence-corrected chi connectivity index (χ4v) is 3.98. The molecule has 0 radical (unpaired) electrons. The van der Waals surface area contributed by atoms with Crippen molar-refractivity contribution in [3.8, 4) is 11.5 Å². The fraction of sp³-hybridized carbons (Fsp3) is 0.0645. The zero-order chi connectivity index (χ0) is 25.6. The lowest BCUT2D eigenvalue weighted by molar-refractivity contribution is -0.127. The number of amides is 1. The van der Waals surface area contributed by atoms with E-state index in [9.17, 15) is 9.59 Å². The molecule has 0 aliphatic rings. The molecule has 5 aromatic rings. The van der Waals surface area contributed by atoms with Gasteiger partial charge in [0.25, 0.3) is 5.91 Å². The summed E-state index contributed by atoms with van der Waals surface area (Å²) < 4.78 is 11.5. The van der Waals surface area contributed by atoms with E-state index in [1.165, 1.54) is 6.21 Å². The van der Waals surface area contributed by atoms with Gasteiger partial charge >= 0.3 is 5.97 Å². The number of esters is 1. The SMILES string of the molecule is CC(Oc1ccc2ccccc2c1)C(=O)N/N=C/c1c(OC(=O)c2ccccc2)ccc2ccccc12. The molecular weight excluding hydrogens is 464 g/mol. The highest BCUT2D eigenvalue weighted by molar-refractivity contribution is 6.04. The summed E-state index contributed by atoms with van der Waals surface area (Å²) in [6.07, 6.45) is 0.706. The number of rotatable bonds is 7. The summed E-state index contributed by atoms with van der Waals surface area (Å²) in [7, 11) is 0. The molecule has 0 aliphatic carbocycles. The van der Waals surface area contributed by atoms with Crippen LogP contribution in [0.2, 0.25) is 0 Å². The standard InChI is InChI=1S/C31H24N2O4/c1-21(36-26-17-15-22-9-5-6-13-25(22)19-26)30(34)33-32-20-28-27-14-8-7-10-23(27)16-18-29(28)37-31(35)24-11-3-2-4-12-24/h2-21H,1H3,(H,33,34)/b32-20+. The monoisotopic (exact) mass is 488 g/mol. The van der Waals surface area contributed by atoms with Gasteiger partial charge in [-0.3, -0.25) is 4.79 Å². The maximum atomic E-state index is 12.7. The molecule has 0 fully saturated rings. The molecule has 5 rings (SSSR count). The number of carbonyl (C=O) groups excluding carboxylic acids is 2. The Morgan fingerprint density at radius 1 is 0.784 bits per heavy atom. The molecule has 1 atom stereocenters. The third kappa shape index (κ3) is 5.49. The van der Waals surface area contributed by atoms with E-state index in [4.69, 9.17) is 9.47 Å². The van der Waals surface area contributed by atoms with Crippen molar-refractivity contribution in [3.63, 3.8) is 0 Å². The molecule has 6 heteroatoms. The van der Waals surface area contributed by atoms with Gasteiger partial charge < -0.3 is 9.47 Å². The van der Waals surface area contributed by atoms with Crippen LogP contribution in [-0.4, -0.2) is 24.2 Å². The van der Waals surface area contributed by atoms with Gasteiger partial charge in [0.2, 0.25) is 0 Å². The maximum Gasteiger partial charge on any atom is 0.343 e. The van der Waals surface area contributed by atoms with Gasteiger partial charge in [0.1, 0.15) is 11.5 Å². The molecule has 0 spiro atoms. The van der Waals surface area contributed by atoms with Crippen LogP contribution in [0.25, 0.3) is 21.5 Å². The molecule has 6 nitrogen and oxygen atoms in total. The van der Waals surface area contributed by atoms with Crippen molar-refractivity contribution < 1.29 is 19.1 Å². The number of ether oxygens (including phenoxy) is 2. The highest BCUT2D eigenvalue weighted by atomic mass is 16.5. The minimum atomic E-state index is -0.777. The summed E-state index contributed by atoms with van der Waals surface area (Å²) in [5, 5.41) is 8.05. The van der Waals surface area contributed by atoms with Gasteiger partial charge in [0.15, 0.2) is 6.10 Å². The molecule has 182 valence electrons. The molecule has 1 unspecified atom stereocenters. The van der Waals surface area contributed by atoms with Crippen LogP contribution < -0.4 is 14.9 Å². The number of benzene rings is 5. The number of hydrogen-bond donors (Lipinski definition) is 1. The topological polar surface area (TPSA) is 77.0 Å². The molecule has 1 amide bonds. The van der Waals surface area contributed by atoms with Crippen molar-refractivity contribution in [3.05, 3.63) is 120 Å². The summed E-state index contributed by atoms with van der Waals surface area (Å²) in [5.74, 6) is 0.0416. The Balaban J connectivity index is 1.32. The first-order valence-corrected chi connectivity index (χ1v) is 11.9. The van der Waals surface area contributed by atoms with Crippen molar-refractivity contribution in [1.29, 1.82) is 0 Å². The normalized spacial score (nSPS) is 11.9. The molecular formula is C31H24N2O4. The maximum absolute atomic E-state index is 12.7. The zero-order valence-electron chi connectivity index (χ0n) is 20.1. The average molecular weight is 489 g/mol. The van der Waals surface area contributed by atoms with Crippen LogP contribution in [0.4, 0.5) is 0 Å². The van der Waals surface area contributed by atoms with Gasteiger partial charge in [-0.05, 0) is 58.8 Å². The summed E-state index contributed by atoms with van der Waals surface area (Å²) >= 11 is 0. The van der Waals surface area contributed by atoms with Crippen molar-refractivity contribution in [2.45, 2.75) is 13.0 Å². The molecule has 0 heterocycles. The van der Waals surface area contributed by atoms with Crippen LogP contribution in [0, 0.1) is 0 Å². The van der Waals surface area contributed by atoms with Gasteiger partial charge in [0, 0.05) is 5.56 Å². The number of carbonyl (C=O) groups is 2. The minimum Gasteiger partial charge on any atom is -0.481 e. The van der Waals surface area contributed by atoms with E-state index in [-0.39, 0.29) is 0 Å². The van der Waals surface area contributed by atoms with Crippen molar-refractivity contribution in [1.82, 2.24) is 5.43 Å². The average Bonchev–Trinajstić information content (AvgIpc) is 2.94. The van der Waals surface area contributed by atoms with Crippen LogP contribution in [-0.2, 0) is 4.79 Å². The Bertz CT molecular complexity index is 1610. The Hall–Kier alpha value is -4.97. The van der Waals surface area contributed by atoms with E-state index in [0.29, 0.717) is 22.6 Å². The third-order valence-electron chi connectivity index (χ3n) is 5.91. The van der Waals surface area contributed by atoms with Gasteiger partial charge in [-0.25, -0.2) is 10.2 Å². The largest absolute Gasteiger partial charge is 0.481 e. The molecule has 0 aromatic heterocycles. The second kappa shape index (κ2) is 10.7. The number of hydrogen-bond acceptors (Lipinski definition) is 5. The zero-order valence-corrected chi connectivity index (χ0v) is 20.1. The van der Waals surface area contributed by atoms with E-state index in [2.05, 4.69) is 10.5 Å². The fourth-order valence-electron chi connectivity index (χ4n) is 3.98. The summed E-state index contributed by atoms with van der Waals surface area (Å²) in [6.45, 7) is 1.66. The van der Waals surface area contributed by atoms with Crippen LogP contribution >= 0.6 is 0 Å². The number of hydrazone groups is 1. The van der Waals surface area contributed by atoms with E-state index in [0.717, 1.165) is 21.5 Å². The predicted molar refractivity (Wildman–Crippen MR) is 145 cm³/mol. The summed E-state index contributed by atoms with van der Waals surface area (Å²) in [5.41, 5.74) is 3.54. The number of nitrogens with one attached hydrogen (secondary N) is 1. The van der Waals surface area contributed by atoms with Gasteiger partial charge in [-0.15, -0.1) is 0 Å². The number of nitrogens with zero attached hydrogens (tertiary/aromatic N) is 1. The van der Waals surface area contributed by atoms with Crippen molar-refractivity contribution in [2.24, 2.45) is 5.10 Å². The van der Waals surface area contributed by atoms with Crippen LogP contribution in [0.15, 0.2) is 114 Å². The third-order valence-corrected chi connectivity index (χ3v) is 5.91. The lowest BCUT2D eigenvalue weighted by Gasteiger charge is -2.14. The van der Waals surface area contributed by atoms with Gasteiger partial charge in [-0.1, -0.05) is 78.9 Å². The lowest BCUT2D eigenvalue weighted by atomic mass is 10.0. The highest BCUT2D eigenvalue weighted by Gasteiger charge is 2.16. The molecule has 37 heavy (non-hydrogen) atoms. The predicted octanol–water partition coefficient (Wildman–Crippen LogP) is 6.13. The molecule has 0 bridgehead atoms. The van der Waals surface area contributed by atoms with Crippen LogP contribution in [0.5, 0.6) is 11.5 Å². The van der Waals surface area contributed by atoms with Crippen molar-refractivity contribution in [2.75, 3.05) is 0 Å². The highest BCUT2D eigenvalue weighted by Crippen LogP contribution is 2.27. The van der Waals surface area contributed by atoms with Gasteiger partial charge in [-0.2, -0.15) is 5.10 Å². The first-order valence-electron chi connectivity index (χ1n) is 11.9. The quantitative estimate of drug-likeness (QED) is 0.129. The lowest BCUT2D eigenvalue weighted by Crippen LogP contribution is -2.33. The first-order chi connectivity index (χ1) is 18.1. The smallest absolute Gasteiger partial charge is 0.343 e. The van der Waals surface area contributed by atoms with E-state index >= 15 is 0 Å². The molecule has 0 saturated heterocycles. The summed E-state index contributed by atoms with van der Waals surface area (Å²) in [4.78, 5) is 25.4. The molecule has 0 saturated carbocycles. The summed E-state index contributed by atoms with van der Waals surface area (Å²) in [6, 6.07) is 33.6. The van der Waals surface area contributed by atoms with Crippen LogP contribution in [0.3, 0.4) is 0 Å². The van der Waals surface area contributed by atoms with E-state index < -0.39 is 18.0 Å². The van der Waals surface area contributed by atoms with E-state index in [1.807, 2.05) is 78.9 Å². The first kappa shape index (κ1) is 23.8. The Kier molecular flexibility index (Phi) is 6.90. The number of fused-ring (bicyclic) bond motifs is 2. The Morgan fingerprint density at radius 3 is 2.27 bits per heavy atom. The van der Waals surface area contributed by atoms with Gasteiger partial charge in [0.05, 0.1) is 11.8 Å². The molecule has 0 aliphatic heterocycles.